The molecule has 0 saturated heterocycles. The largest absolute Gasteiger partial charge is 0.499 e. The molecule has 10 heteroatoms. The number of rotatable bonds is 14. The van der Waals surface area contributed by atoms with Crippen LogP contribution in [-0.4, -0.2) is 34.5 Å². The standard InChI is InChI=1S/C13H26O5.H3O4P/c1-3-5-6-7-8-9-11-15-17-18-16-13-12-14-10-4-2;1-5(2,3)4/h4,10H,3,5-9,11-13H2,1-2H3;(H3,1,2,3,4). The summed E-state index contributed by atoms with van der Waals surface area (Å²) in [5.74, 6) is 0. The van der Waals surface area contributed by atoms with E-state index in [4.69, 9.17) is 28.9 Å². The zero-order valence-electron chi connectivity index (χ0n) is 13.8. The summed E-state index contributed by atoms with van der Waals surface area (Å²) in [6.07, 6.45) is 10.6. The van der Waals surface area contributed by atoms with Crippen LogP contribution in [0.4, 0.5) is 0 Å². The molecule has 0 aromatic heterocycles. The van der Waals surface area contributed by atoms with Gasteiger partial charge in [0.2, 0.25) is 0 Å². The molecule has 0 radical (unpaired) electrons. The van der Waals surface area contributed by atoms with E-state index in [1.165, 1.54) is 25.7 Å². The molecule has 0 unspecified atom stereocenters. The lowest BCUT2D eigenvalue weighted by Crippen LogP contribution is -2.04. The van der Waals surface area contributed by atoms with Crippen LogP contribution >= 0.6 is 7.82 Å². The zero-order chi connectivity index (χ0) is 17.8. The van der Waals surface area contributed by atoms with Crippen LogP contribution in [0.2, 0.25) is 0 Å². The van der Waals surface area contributed by atoms with E-state index in [2.05, 4.69) is 21.9 Å². The molecule has 9 nitrogen and oxygen atoms in total. The molecular weight excluding hydrogens is 331 g/mol. The lowest BCUT2D eigenvalue weighted by Gasteiger charge is -2.03. The Morgan fingerprint density at radius 3 is 1.96 bits per heavy atom. The average molecular weight is 360 g/mol. The first-order chi connectivity index (χ1) is 10.9. The predicted octanol–water partition coefficient (Wildman–Crippen LogP) is 2.78. The third kappa shape index (κ3) is 38.9. The molecule has 0 aliphatic carbocycles. The Kier molecular flexibility index (Phi) is 21.0. The van der Waals surface area contributed by atoms with Crippen molar-refractivity contribution in [3.05, 3.63) is 12.3 Å². The van der Waals surface area contributed by atoms with Crippen molar-refractivity contribution in [2.45, 2.75) is 52.4 Å². The second-order valence-electron chi connectivity index (χ2n) is 4.40. The highest BCUT2D eigenvalue weighted by Gasteiger charge is 2.00. The smallest absolute Gasteiger partial charge is 0.466 e. The van der Waals surface area contributed by atoms with E-state index in [0.29, 0.717) is 13.2 Å². The predicted molar refractivity (Wildman–Crippen MR) is 82.5 cm³/mol. The van der Waals surface area contributed by atoms with Crippen molar-refractivity contribution in [2.24, 2.45) is 0 Å². The maximum absolute atomic E-state index is 8.88. The molecule has 0 atom stereocenters. The minimum absolute atomic E-state index is 0.282. The molecule has 0 rings (SSSR count). The number of hydrogen-bond donors (Lipinski definition) is 3. The molecular formula is C13H29O9P. The Morgan fingerprint density at radius 2 is 1.39 bits per heavy atom. The highest BCUT2D eigenvalue weighted by molar-refractivity contribution is 7.45. The highest BCUT2D eigenvalue weighted by Crippen LogP contribution is 2.25. The summed E-state index contributed by atoms with van der Waals surface area (Å²) in [4.78, 5) is 31.0. The van der Waals surface area contributed by atoms with Gasteiger partial charge in [0.25, 0.3) is 0 Å². The second-order valence-corrected chi connectivity index (χ2v) is 5.43. The van der Waals surface area contributed by atoms with E-state index in [-0.39, 0.29) is 6.61 Å². The Balaban J connectivity index is 0. The summed E-state index contributed by atoms with van der Waals surface area (Å²) in [6.45, 7) is 5.29. The van der Waals surface area contributed by atoms with E-state index >= 15 is 0 Å². The van der Waals surface area contributed by atoms with Gasteiger partial charge >= 0.3 is 7.82 Å². The summed E-state index contributed by atoms with van der Waals surface area (Å²) in [5, 5.41) is 8.70. The zero-order valence-corrected chi connectivity index (χ0v) is 14.7. The highest BCUT2D eigenvalue weighted by atomic mass is 31.2. The van der Waals surface area contributed by atoms with Crippen LogP contribution in [0.1, 0.15) is 52.4 Å². The Morgan fingerprint density at radius 1 is 0.870 bits per heavy atom. The van der Waals surface area contributed by atoms with Gasteiger partial charge in [0, 0.05) is 0 Å². The maximum Gasteiger partial charge on any atom is 0.466 e. The molecule has 0 aromatic rings. The fourth-order valence-electron chi connectivity index (χ4n) is 1.30. The normalized spacial score (nSPS) is 11.3. The van der Waals surface area contributed by atoms with Crippen LogP contribution in [-0.2, 0) is 29.2 Å². The first-order valence-corrected chi connectivity index (χ1v) is 9.07. The van der Waals surface area contributed by atoms with Gasteiger partial charge in [-0.25, -0.2) is 14.3 Å². The molecule has 0 aliphatic rings. The number of ether oxygens (including phenoxy) is 1. The van der Waals surface area contributed by atoms with Gasteiger partial charge in [-0.05, 0) is 23.4 Å². The number of hydrogen-bond acceptors (Lipinski definition) is 6. The van der Waals surface area contributed by atoms with E-state index < -0.39 is 7.82 Å². The van der Waals surface area contributed by atoms with Crippen molar-refractivity contribution >= 4 is 7.82 Å². The molecule has 0 heterocycles. The Bertz CT molecular complexity index is 285. The molecule has 0 bridgehead atoms. The summed E-state index contributed by atoms with van der Waals surface area (Å²) >= 11 is 0. The van der Waals surface area contributed by atoms with E-state index in [1.54, 1.807) is 12.3 Å². The first-order valence-electron chi connectivity index (χ1n) is 7.50. The number of allylic oxidation sites excluding steroid dienone is 1. The maximum atomic E-state index is 8.88. The number of unbranched alkanes of at least 4 members (excludes halogenated alkanes) is 5. The van der Waals surface area contributed by atoms with Crippen LogP contribution in [0.25, 0.3) is 0 Å². The van der Waals surface area contributed by atoms with Crippen LogP contribution in [0.5, 0.6) is 0 Å². The van der Waals surface area contributed by atoms with Crippen LogP contribution < -0.4 is 0 Å². The molecule has 0 spiro atoms. The first kappa shape index (κ1) is 24.7. The van der Waals surface area contributed by atoms with E-state index in [1.807, 2.05) is 6.92 Å². The van der Waals surface area contributed by atoms with Crippen molar-refractivity contribution in [1.29, 1.82) is 0 Å². The van der Waals surface area contributed by atoms with E-state index in [0.717, 1.165) is 12.8 Å². The van der Waals surface area contributed by atoms with E-state index in [9.17, 15) is 0 Å². The van der Waals surface area contributed by atoms with Gasteiger partial charge in [0.15, 0.2) is 0 Å². The summed E-state index contributed by atoms with van der Waals surface area (Å²) in [7, 11) is -4.64. The van der Waals surface area contributed by atoms with Crippen molar-refractivity contribution in [1.82, 2.24) is 0 Å². The van der Waals surface area contributed by atoms with Crippen LogP contribution in [0, 0.1) is 0 Å². The summed E-state index contributed by atoms with van der Waals surface area (Å²) < 4.78 is 13.9. The molecule has 0 aliphatic heterocycles. The van der Waals surface area contributed by atoms with Crippen molar-refractivity contribution in [3.8, 4) is 0 Å². The molecule has 0 saturated carbocycles. The molecule has 0 aromatic carbocycles. The van der Waals surface area contributed by atoms with Gasteiger partial charge in [-0.2, -0.15) is 0 Å². The van der Waals surface area contributed by atoms with Gasteiger partial charge < -0.3 is 19.4 Å². The lowest BCUT2D eigenvalue weighted by molar-refractivity contribution is -0.634. The lowest BCUT2D eigenvalue weighted by atomic mass is 10.1. The van der Waals surface area contributed by atoms with Gasteiger partial charge in [0.05, 0.1) is 12.9 Å². The van der Waals surface area contributed by atoms with Crippen LogP contribution in [0.3, 0.4) is 0 Å². The molecule has 140 valence electrons. The Labute approximate surface area is 137 Å². The van der Waals surface area contributed by atoms with Crippen molar-refractivity contribution in [2.75, 3.05) is 19.8 Å². The van der Waals surface area contributed by atoms with Gasteiger partial charge in [-0.15, -0.1) is 0 Å². The molecule has 0 fully saturated rings. The third-order valence-electron chi connectivity index (χ3n) is 2.22. The molecule has 0 amide bonds. The monoisotopic (exact) mass is 360 g/mol. The van der Waals surface area contributed by atoms with Crippen LogP contribution in [0.15, 0.2) is 12.3 Å². The topological polar surface area (TPSA) is 124 Å². The second kappa shape index (κ2) is 19.5. The minimum atomic E-state index is -4.64. The third-order valence-corrected chi connectivity index (χ3v) is 2.22. The van der Waals surface area contributed by atoms with Gasteiger partial charge in [-0.3, -0.25) is 0 Å². The molecule has 23 heavy (non-hydrogen) atoms. The Hall–Kier alpha value is -0.510. The van der Waals surface area contributed by atoms with Gasteiger partial charge in [0.1, 0.15) is 13.2 Å². The van der Waals surface area contributed by atoms with Crippen molar-refractivity contribution < 1.29 is 43.8 Å². The summed E-state index contributed by atoms with van der Waals surface area (Å²) in [6, 6.07) is 0. The van der Waals surface area contributed by atoms with Crippen molar-refractivity contribution in [3.63, 3.8) is 0 Å². The van der Waals surface area contributed by atoms with Gasteiger partial charge in [-0.1, -0.05) is 45.1 Å². The fourth-order valence-corrected chi connectivity index (χ4v) is 1.30. The SMILES string of the molecule is CC=COCCOOOOCCCCCCCC.O=P(O)(O)O. The average Bonchev–Trinajstić information content (AvgIpc) is 2.46. The minimum Gasteiger partial charge on any atom is -0.499 e. The summed E-state index contributed by atoms with van der Waals surface area (Å²) in [5.41, 5.74) is 0. The number of phosphoric acid groups is 1. The fraction of sp³-hybridized carbons (Fsp3) is 0.846. The molecule has 3 N–H and O–H groups in total. The quantitative estimate of drug-likeness (QED) is 0.141.